The molecule has 0 spiro atoms. The Kier molecular flexibility index (Phi) is 10.9. The molecule has 8 atom stereocenters. The number of carbonyl (C=O) groups is 3. The lowest BCUT2D eigenvalue weighted by molar-refractivity contribution is -0.170. The molecule has 0 aromatic heterocycles. The van der Waals surface area contributed by atoms with Gasteiger partial charge >= 0.3 is 5.97 Å². The Labute approximate surface area is 308 Å². The van der Waals surface area contributed by atoms with Gasteiger partial charge in [0.05, 0.1) is 5.56 Å². The lowest BCUT2D eigenvalue weighted by atomic mass is 9.38. The van der Waals surface area contributed by atoms with Crippen LogP contribution < -0.4 is 5.32 Å². The summed E-state index contributed by atoms with van der Waals surface area (Å²) >= 11 is 0. The zero-order valence-corrected chi connectivity index (χ0v) is 32.6. The van der Waals surface area contributed by atoms with Gasteiger partial charge in [0.15, 0.2) is 0 Å². The molecule has 5 aliphatic rings. The van der Waals surface area contributed by atoms with E-state index >= 15 is 0 Å². The van der Waals surface area contributed by atoms with Gasteiger partial charge in [-0.1, -0.05) is 65.0 Å². The van der Waals surface area contributed by atoms with Gasteiger partial charge in [-0.25, -0.2) is 4.79 Å². The van der Waals surface area contributed by atoms with E-state index in [4.69, 9.17) is 0 Å². The van der Waals surface area contributed by atoms with Crippen LogP contribution in [0.3, 0.4) is 0 Å². The molecule has 2 N–H and O–H groups in total. The van der Waals surface area contributed by atoms with Crippen LogP contribution in [0, 0.1) is 51.2 Å². The lowest BCUT2D eigenvalue weighted by Gasteiger charge is -2.66. The van der Waals surface area contributed by atoms with E-state index in [1.807, 2.05) is 12.1 Å². The zero-order chi connectivity index (χ0) is 36.8. The van der Waals surface area contributed by atoms with Crippen molar-refractivity contribution in [3.63, 3.8) is 0 Å². The number of allylic oxidation sites excluding steroid dienone is 3. The summed E-state index contributed by atoms with van der Waals surface area (Å²) in [5.41, 5.74) is 5.05. The number of hydrogen-bond acceptors (Lipinski definition) is 4. The van der Waals surface area contributed by atoms with Gasteiger partial charge in [-0.3, -0.25) is 14.5 Å². The van der Waals surface area contributed by atoms with Crippen molar-refractivity contribution in [2.24, 2.45) is 51.2 Å². The predicted octanol–water partition coefficient (Wildman–Crippen LogP) is 9.94. The summed E-state index contributed by atoms with van der Waals surface area (Å²) in [7, 11) is 0. The molecule has 8 unspecified atom stereocenters. The fourth-order valence-corrected chi connectivity index (χ4v) is 12.3. The highest BCUT2D eigenvalue weighted by Crippen LogP contribution is 2.72. The molecule has 3 saturated carbocycles. The maximum Gasteiger partial charge on any atom is 0.335 e. The van der Waals surface area contributed by atoms with Crippen LogP contribution in [0.25, 0.3) is 5.57 Å². The van der Waals surface area contributed by atoms with Crippen molar-refractivity contribution >= 4 is 23.4 Å². The maximum absolute atomic E-state index is 12.3. The summed E-state index contributed by atoms with van der Waals surface area (Å²) in [4.78, 5) is 37.7. The number of piperidine rings is 1. The number of carboxylic acid groups (broad SMARTS) is 1. The highest BCUT2D eigenvalue weighted by Gasteiger charge is 2.65. The van der Waals surface area contributed by atoms with Gasteiger partial charge in [-0.05, 0) is 165 Å². The van der Waals surface area contributed by atoms with Gasteiger partial charge in [-0.15, -0.1) is 0 Å². The summed E-state index contributed by atoms with van der Waals surface area (Å²) < 4.78 is 0. The number of hydrogen-bond donors (Lipinski definition) is 2. The molecular weight excluding hydrogens is 633 g/mol. The minimum absolute atomic E-state index is 0.00269. The fraction of sp³-hybridized carbons (Fsp3) is 0.711. The molecule has 0 bridgehead atoms. The Morgan fingerprint density at radius 3 is 2.29 bits per heavy atom. The Balaban J connectivity index is 1.21. The summed E-state index contributed by atoms with van der Waals surface area (Å²) in [5, 5.41) is 13.4. The number of amides is 2. The molecule has 4 fully saturated rings. The molecule has 280 valence electrons. The van der Waals surface area contributed by atoms with E-state index in [9.17, 15) is 19.5 Å². The maximum atomic E-state index is 12.3. The molecule has 6 nitrogen and oxygen atoms in total. The minimum Gasteiger partial charge on any atom is -0.478 e. The highest BCUT2D eigenvalue weighted by atomic mass is 16.4. The van der Waals surface area contributed by atoms with Gasteiger partial charge in [0.2, 0.25) is 11.8 Å². The number of nitrogens with zero attached hydrogens (tertiary/aromatic N) is 1. The third kappa shape index (κ3) is 6.81. The van der Waals surface area contributed by atoms with Crippen LogP contribution in [-0.2, 0) is 9.59 Å². The fourth-order valence-electron chi connectivity index (χ4n) is 12.3. The van der Waals surface area contributed by atoms with E-state index in [-0.39, 0.29) is 33.5 Å². The summed E-state index contributed by atoms with van der Waals surface area (Å²) in [5.74, 6) is 2.22. The molecule has 1 aromatic carbocycles. The molecule has 2 amide bonds. The van der Waals surface area contributed by atoms with E-state index < -0.39 is 5.97 Å². The second kappa shape index (κ2) is 14.6. The number of nitrogens with one attached hydrogen (secondary N) is 1. The van der Waals surface area contributed by atoms with E-state index in [0.29, 0.717) is 61.0 Å². The molecule has 4 aliphatic carbocycles. The SMILES string of the molecule is C=C(C)C1CCC2(CNCCCN3C(=O)CCCC3=O)CCC3(C)C(CCC4CCC=C(c5ccc(C(=O)O)cc5)C(C)(C)C(C)CCC43C)C12. The Hall–Kier alpha value is -2.73. The second-order valence-electron chi connectivity index (χ2n) is 18.7. The van der Waals surface area contributed by atoms with Gasteiger partial charge in [0.1, 0.15) is 0 Å². The molecule has 1 heterocycles. The number of likely N-dealkylation sites (tertiary alicyclic amines) is 1. The van der Waals surface area contributed by atoms with Crippen molar-refractivity contribution in [3.05, 3.63) is 53.6 Å². The van der Waals surface area contributed by atoms with Gasteiger partial charge in [0.25, 0.3) is 0 Å². The molecule has 6 rings (SSSR count). The predicted molar refractivity (Wildman–Crippen MR) is 206 cm³/mol. The Morgan fingerprint density at radius 1 is 0.922 bits per heavy atom. The van der Waals surface area contributed by atoms with Crippen LogP contribution in [-0.4, -0.2) is 47.4 Å². The monoisotopic (exact) mass is 699 g/mol. The van der Waals surface area contributed by atoms with Gasteiger partial charge < -0.3 is 10.4 Å². The molecule has 1 aliphatic heterocycles. The number of carbonyl (C=O) groups excluding carboxylic acids is 2. The number of rotatable bonds is 9. The van der Waals surface area contributed by atoms with Crippen molar-refractivity contribution in [1.82, 2.24) is 10.2 Å². The average Bonchev–Trinajstić information content (AvgIpc) is 3.48. The van der Waals surface area contributed by atoms with Gasteiger partial charge in [0, 0.05) is 25.9 Å². The molecule has 51 heavy (non-hydrogen) atoms. The number of aromatic carboxylic acids is 1. The molecular formula is C45H66N2O4. The van der Waals surface area contributed by atoms with Crippen molar-refractivity contribution in [3.8, 4) is 0 Å². The van der Waals surface area contributed by atoms with Crippen LogP contribution in [0.15, 0.2) is 42.5 Å². The van der Waals surface area contributed by atoms with E-state index in [1.165, 1.54) is 73.8 Å². The van der Waals surface area contributed by atoms with Crippen LogP contribution in [0.1, 0.15) is 147 Å². The van der Waals surface area contributed by atoms with Crippen molar-refractivity contribution < 1.29 is 19.5 Å². The largest absolute Gasteiger partial charge is 0.478 e. The number of carboxylic acids is 1. The van der Waals surface area contributed by atoms with Crippen molar-refractivity contribution in [2.75, 3.05) is 19.6 Å². The van der Waals surface area contributed by atoms with E-state index in [2.05, 4.69) is 59.5 Å². The van der Waals surface area contributed by atoms with Crippen LogP contribution in [0.4, 0.5) is 0 Å². The number of benzene rings is 1. The molecule has 0 radical (unpaired) electrons. The Bertz CT molecular complexity index is 1510. The first kappa shape index (κ1) is 38.0. The van der Waals surface area contributed by atoms with Crippen LogP contribution in [0.5, 0.6) is 0 Å². The quantitative estimate of drug-likeness (QED) is 0.152. The zero-order valence-electron chi connectivity index (χ0n) is 32.6. The Morgan fingerprint density at radius 2 is 1.63 bits per heavy atom. The van der Waals surface area contributed by atoms with E-state index in [1.54, 1.807) is 12.1 Å². The minimum atomic E-state index is -0.874. The first-order valence-electron chi connectivity index (χ1n) is 20.4. The van der Waals surface area contributed by atoms with Crippen molar-refractivity contribution in [2.45, 2.75) is 131 Å². The lowest BCUT2D eigenvalue weighted by Crippen LogP contribution is -2.60. The summed E-state index contributed by atoms with van der Waals surface area (Å²) in [6.07, 6.45) is 17.4. The van der Waals surface area contributed by atoms with Crippen LogP contribution >= 0.6 is 0 Å². The second-order valence-corrected chi connectivity index (χ2v) is 18.7. The topological polar surface area (TPSA) is 86.7 Å². The third-order valence-electron chi connectivity index (χ3n) is 16.1. The molecule has 1 aromatic rings. The molecule has 1 saturated heterocycles. The van der Waals surface area contributed by atoms with Crippen molar-refractivity contribution in [1.29, 1.82) is 0 Å². The third-order valence-corrected chi connectivity index (χ3v) is 16.1. The smallest absolute Gasteiger partial charge is 0.335 e. The highest BCUT2D eigenvalue weighted by molar-refractivity contribution is 5.97. The number of fused-ring (bicyclic) bond motifs is 5. The van der Waals surface area contributed by atoms with Gasteiger partial charge in [-0.2, -0.15) is 0 Å². The molecule has 6 heteroatoms. The van der Waals surface area contributed by atoms with E-state index in [0.717, 1.165) is 31.5 Å². The summed E-state index contributed by atoms with van der Waals surface area (Å²) in [6, 6.07) is 7.56. The summed E-state index contributed by atoms with van der Waals surface area (Å²) in [6.45, 7) is 21.9. The van der Waals surface area contributed by atoms with Crippen LogP contribution in [0.2, 0.25) is 0 Å². The standard InChI is InChI=1S/C45H66N2O4/c1-30(2)35-22-24-45(29-46-27-10-28-47-38(48)13-9-14-39(47)49)26-25-44(7)37(40(35)45)20-19-34-11-8-12-36(32-15-17-33(18-16-32)41(50)51)42(4,5)31(3)21-23-43(34,44)6/h12,15-18,31,34-35,37,40,46H,1,8-11,13-14,19-29H2,2-7H3,(H,50,51). The first-order chi connectivity index (χ1) is 24.1. The first-order valence-corrected chi connectivity index (χ1v) is 20.4. The average molecular weight is 699 g/mol. The number of imide groups is 1. The normalized spacial score (nSPS) is 36.8.